The molecule has 1 aromatic rings. The van der Waals surface area contributed by atoms with E-state index in [0.717, 1.165) is 5.69 Å². The van der Waals surface area contributed by atoms with E-state index in [1.54, 1.807) is 6.07 Å². The normalized spacial score (nSPS) is 25.5. The Bertz CT molecular complexity index is 369. The van der Waals surface area contributed by atoms with E-state index in [0.29, 0.717) is 18.5 Å². The number of nitrogens with zero attached hydrogens (tertiary/aromatic N) is 1. The number of nitrogens with one attached hydrogen (secondary N) is 1. The van der Waals surface area contributed by atoms with Crippen molar-refractivity contribution in [3.05, 3.63) is 29.8 Å². The van der Waals surface area contributed by atoms with Gasteiger partial charge in [0.15, 0.2) is 5.60 Å². The number of benzene rings is 1. The highest BCUT2D eigenvalue weighted by molar-refractivity contribution is 5.57. The first-order chi connectivity index (χ1) is 6.26. The molecule has 66 valence electrons. The third-order valence-electron chi connectivity index (χ3n) is 2.36. The second kappa shape index (κ2) is 2.75. The molecular weight excluding hydrogens is 164 g/mol. The lowest BCUT2D eigenvalue weighted by atomic mass is 9.88. The van der Waals surface area contributed by atoms with Gasteiger partial charge in [0.05, 0.1) is 0 Å². The van der Waals surface area contributed by atoms with Crippen LogP contribution in [0.1, 0.15) is 12.0 Å². The molecule has 0 aromatic heterocycles. The number of hydrogen-bond donors (Lipinski definition) is 2. The van der Waals surface area contributed by atoms with E-state index in [9.17, 15) is 5.11 Å². The van der Waals surface area contributed by atoms with Crippen LogP contribution >= 0.6 is 0 Å². The van der Waals surface area contributed by atoms with Gasteiger partial charge in [-0.1, -0.05) is 18.2 Å². The summed E-state index contributed by atoms with van der Waals surface area (Å²) >= 11 is 0. The topological polar surface area (TPSA) is 56.0 Å². The Morgan fingerprint density at radius 1 is 1.46 bits per heavy atom. The van der Waals surface area contributed by atoms with E-state index in [2.05, 4.69) is 5.32 Å². The van der Waals surface area contributed by atoms with Gasteiger partial charge in [-0.15, -0.1) is 0 Å². The van der Waals surface area contributed by atoms with Gasteiger partial charge >= 0.3 is 0 Å². The van der Waals surface area contributed by atoms with Crippen LogP contribution in [0.5, 0.6) is 0 Å². The van der Waals surface area contributed by atoms with E-state index in [4.69, 9.17) is 5.26 Å². The van der Waals surface area contributed by atoms with Gasteiger partial charge in [-0.25, -0.2) is 0 Å². The minimum atomic E-state index is -1.30. The Morgan fingerprint density at radius 3 is 3.00 bits per heavy atom. The fourth-order valence-corrected chi connectivity index (χ4v) is 1.63. The molecular formula is C10H10N2O. The van der Waals surface area contributed by atoms with Gasteiger partial charge in [0.2, 0.25) is 0 Å². The van der Waals surface area contributed by atoms with Crippen molar-refractivity contribution in [3.8, 4) is 6.07 Å². The third kappa shape index (κ3) is 1.16. The van der Waals surface area contributed by atoms with Crippen LogP contribution in [0.15, 0.2) is 24.3 Å². The molecule has 1 atom stereocenters. The molecule has 0 spiro atoms. The molecule has 0 radical (unpaired) electrons. The first-order valence-corrected chi connectivity index (χ1v) is 4.23. The summed E-state index contributed by atoms with van der Waals surface area (Å²) in [6.45, 7) is 0.640. The van der Waals surface area contributed by atoms with Gasteiger partial charge in [-0.2, -0.15) is 5.26 Å². The molecule has 1 unspecified atom stereocenters. The number of fused-ring (bicyclic) bond motifs is 1. The van der Waals surface area contributed by atoms with Gasteiger partial charge in [-0.05, 0) is 6.07 Å². The van der Waals surface area contributed by atoms with Gasteiger partial charge in [0.25, 0.3) is 0 Å². The molecule has 0 bridgehead atoms. The zero-order chi connectivity index (χ0) is 9.31. The van der Waals surface area contributed by atoms with E-state index in [1.165, 1.54) is 0 Å². The zero-order valence-electron chi connectivity index (χ0n) is 7.12. The Labute approximate surface area is 76.6 Å². The molecule has 3 heteroatoms. The molecule has 2 rings (SSSR count). The second-order valence-corrected chi connectivity index (χ2v) is 3.19. The minimum Gasteiger partial charge on any atom is -0.385 e. The number of anilines is 1. The highest BCUT2D eigenvalue weighted by Crippen LogP contribution is 2.33. The van der Waals surface area contributed by atoms with Crippen LogP contribution < -0.4 is 5.32 Å². The lowest BCUT2D eigenvalue weighted by Gasteiger charge is -2.29. The summed E-state index contributed by atoms with van der Waals surface area (Å²) in [4.78, 5) is 0. The van der Waals surface area contributed by atoms with Crippen molar-refractivity contribution in [3.63, 3.8) is 0 Å². The molecule has 0 amide bonds. The van der Waals surface area contributed by atoms with Crippen molar-refractivity contribution in [1.29, 1.82) is 5.26 Å². The maximum Gasteiger partial charge on any atom is 0.180 e. The average Bonchev–Trinajstić information content (AvgIpc) is 2.19. The Hall–Kier alpha value is -1.53. The first-order valence-electron chi connectivity index (χ1n) is 4.23. The summed E-state index contributed by atoms with van der Waals surface area (Å²) in [5.41, 5.74) is 0.239. The number of nitriles is 1. The monoisotopic (exact) mass is 174 g/mol. The van der Waals surface area contributed by atoms with Crippen LogP contribution in [0.3, 0.4) is 0 Å². The summed E-state index contributed by atoms with van der Waals surface area (Å²) in [5, 5.41) is 21.9. The van der Waals surface area contributed by atoms with Crippen molar-refractivity contribution < 1.29 is 5.11 Å². The fraction of sp³-hybridized carbons (Fsp3) is 0.300. The van der Waals surface area contributed by atoms with Gasteiger partial charge in [0.1, 0.15) is 6.07 Å². The van der Waals surface area contributed by atoms with Gasteiger partial charge in [-0.3, -0.25) is 0 Å². The fourth-order valence-electron chi connectivity index (χ4n) is 1.63. The van der Waals surface area contributed by atoms with Crippen molar-refractivity contribution in [2.75, 3.05) is 11.9 Å². The van der Waals surface area contributed by atoms with Crippen molar-refractivity contribution in [1.82, 2.24) is 0 Å². The lowest BCUT2D eigenvalue weighted by molar-refractivity contribution is 0.0889. The molecule has 1 aromatic carbocycles. The number of hydrogen-bond acceptors (Lipinski definition) is 3. The van der Waals surface area contributed by atoms with E-state index < -0.39 is 5.60 Å². The maximum atomic E-state index is 9.93. The molecule has 2 N–H and O–H groups in total. The molecule has 0 saturated heterocycles. The van der Waals surface area contributed by atoms with Crippen molar-refractivity contribution >= 4 is 5.69 Å². The summed E-state index contributed by atoms with van der Waals surface area (Å²) in [7, 11) is 0. The minimum absolute atomic E-state index is 0.445. The van der Waals surface area contributed by atoms with Crippen LogP contribution in [-0.2, 0) is 5.60 Å². The average molecular weight is 174 g/mol. The predicted octanol–water partition coefficient (Wildman–Crippen LogP) is 1.21. The molecule has 0 fully saturated rings. The predicted molar refractivity (Wildman–Crippen MR) is 49.1 cm³/mol. The van der Waals surface area contributed by atoms with E-state index >= 15 is 0 Å². The van der Waals surface area contributed by atoms with Crippen LogP contribution in [0.4, 0.5) is 5.69 Å². The molecule has 1 aliphatic rings. The highest BCUT2D eigenvalue weighted by Gasteiger charge is 2.33. The SMILES string of the molecule is N#CC1(O)CCNc2ccccc21. The second-order valence-electron chi connectivity index (χ2n) is 3.19. The summed E-state index contributed by atoms with van der Waals surface area (Å²) in [5.74, 6) is 0. The summed E-state index contributed by atoms with van der Waals surface area (Å²) < 4.78 is 0. The Morgan fingerprint density at radius 2 is 2.23 bits per heavy atom. The number of para-hydroxylation sites is 1. The highest BCUT2D eigenvalue weighted by atomic mass is 16.3. The molecule has 3 nitrogen and oxygen atoms in total. The van der Waals surface area contributed by atoms with E-state index in [1.807, 2.05) is 24.3 Å². The molecule has 0 aliphatic carbocycles. The van der Waals surface area contributed by atoms with Crippen molar-refractivity contribution in [2.24, 2.45) is 0 Å². The Kier molecular flexibility index (Phi) is 1.71. The smallest absolute Gasteiger partial charge is 0.180 e. The van der Waals surface area contributed by atoms with Crippen LogP contribution in [-0.4, -0.2) is 11.7 Å². The molecule has 1 heterocycles. The summed E-state index contributed by atoms with van der Waals surface area (Å²) in [6.07, 6.45) is 0.445. The standard InChI is InChI=1S/C10H10N2O/c11-7-10(13)5-6-12-9-4-2-1-3-8(9)10/h1-4,12-13H,5-6H2. The van der Waals surface area contributed by atoms with Crippen LogP contribution in [0.2, 0.25) is 0 Å². The molecule has 1 aliphatic heterocycles. The Balaban J connectivity index is 2.56. The maximum absolute atomic E-state index is 9.93. The van der Waals surface area contributed by atoms with E-state index in [-0.39, 0.29) is 0 Å². The largest absolute Gasteiger partial charge is 0.385 e. The first kappa shape index (κ1) is 8.09. The van der Waals surface area contributed by atoms with Crippen LogP contribution in [0.25, 0.3) is 0 Å². The van der Waals surface area contributed by atoms with Gasteiger partial charge < -0.3 is 10.4 Å². The van der Waals surface area contributed by atoms with Gasteiger partial charge in [0, 0.05) is 24.2 Å². The number of rotatable bonds is 0. The van der Waals surface area contributed by atoms with Crippen LogP contribution in [0, 0.1) is 11.3 Å². The zero-order valence-corrected chi connectivity index (χ0v) is 7.12. The third-order valence-corrected chi connectivity index (χ3v) is 2.36. The van der Waals surface area contributed by atoms with Crippen molar-refractivity contribution in [2.45, 2.75) is 12.0 Å². The lowest BCUT2D eigenvalue weighted by Crippen LogP contribution is -2.32. The molecule has 13 heavy (non-hydrogen) atoms. The quantitative estimate of drug-likeness (QED) is 0.581. The summed E-state index contributed by atoms with van der Waals surface area (Å²) in [6, 6.07) is 9.32. The number of aliphatic hydroxyl groups is 1. The molecule has 0 saturated carbocycles.